The molecule has 74 valence electrons. The average Bonchev–Trinajstić information content (AvgIpc) is 2.63. The SMILES string of the molecule is COC(=O)[C@H]1COC[C@H]1C(=O)OC. The monoisotopic (exact) mass is 188 g/mol. The maximum Gasteiger partial charge on any atom is 0.311 e. The van der Waals surface area contributed by atoms with Gasteiger partial charge in [0, 0.05) is 0 Å². The van der Waals surface area contributed by atoms with Gasteiger partial charge in [0.2, 0.25) is 0 Å². The van der Waals surface area contributed by atoms with Gasteiger partial charge in [-0.05, 0) is 0 Å². The molecule has 0 aromatic heterocycles. The van der Waals surface area contributed by atoms with E-state index in [0.717, 1.165) is 0 Å². The predicted octanol–water partition coefficient (Wildman–Crippen LogP) is -0.405. The van der Waals surface area contributed by atoms with Crippen molar-refractivity contribution in [2.24, 2.45) is 11.8 Å². The Morgan fingerprint density at radius 2 is 1.46 bits per heavy atom. The van der Waals surface area contributed by atoms with Crippen molar-refractivity contribution in [3.8, 4) is 0 Å². The van der Waals surface area contributed by atoms with Crippen LogP contribution in [-0.2, 0) is 23.8 Å². The quantitative estimate of drug-likeness (QED) is 0.551. The molecule has 1 rings (SSSR count). The summed E-state index contributed by atoms with van der Waals surface area (Å²) in [5.74, 6) is -1.88. The Hall–Kier alpha value is -1.10. The van der Waals surface area contributed by atoms with Gasteiger partial charge in [-0.1, -0.05) is 0 Å². The van der Waals surface area contributed by atoms with Gasteiger partial charge >= 0.3 is 11.9 Å². The summed E-state index contributed by atoms with van der Waals surface area (Å²) in [6.07, 6.45) is 0. The first-order valence-corrected chi connectivity index (χ1v) is 3.94. The molecule has 2 atom stereocenters. The van der Waals surface area contributed by atoms with E-state index in [2.05, 4.69) is 9.47 Å². The number of carbonyl (C=O) groups excluding carboxylic acids is 2. The summed E-state index contributed by atoms with van der Waals surface area (Å²) in [7, 11) is 2.57. The first kappa shape index (κ1) is 9.98. The first-order valence-electron chi connectivity index (χ1n) is 3.94. The predicted molar refractivity (Wildman–Crippen MR) is 41.8 cm³/mol. The Bertz CT molecular complexity index is 191. The molecule has 13 heavy (non-hydrogen) atoms. The average molecular weight is 188 g/mol. The van der Waals surface area contributed by atoms with E-state index in [9.17, 15) is 9.59 Å². The molecule has 1 heterocycles. The highest BCUT2D eigenvalue weighted by Crippen LogP contribution is 2.22. The normalized spacial score (nSPS) is 26.9. The minimum atomic E-state index is -0.516. The van der Waals surface area contributed by atoms with Crippen LogP contribution in [0.1, 0.15) is 0 Å². The van der Waals surface area contributed by atoms with Crippen LogP contribution in [0.5, 0.6) is 0 Å². The largest absolute Gasteiger partial charge is 0.469 e. The second kappa shape index (κ2) is 4.23. The third-order valence-corrected chi connectivity index (χ3v) is 2.09. The van der Waals surface area contributed by atoms with Crippen LogP contribution in [0.15, 0.2) is 0 Å². The molecule has 0 bridgehead atoms. The van der Waals surface area contributed by atoms with Crippen LogP contribution in [0, 0.1) is 11.8 Å². The zero-order valence-electron chi connectivity index (χ0n) is 7.61. The fourth-order valence-corrected chi connectivity index (χ4v) is 1.32. The number of esters is 2. The molecule has 5 heteroatoms. The summed E-state index contributed by atoms with van der Waals surface area (Å²) in [5.41, 5.74) is 0. The van der Waals surface area contributed by atoms with Crippen molar-refractivity contribution >= 4 is 11.9 Å². The summed E-state index contributed by atoms with van der Waals surface area (Å²) in [4.78, 5) is 22.3. The molecule has 0 amide bonds. The lowest BCUT2D eigenvalue weighted by atomic mass is 9.96. The summed E-state index contributed by atoms with van der Waals surface area (Å²) in [6.45, 7) is 0.457. The van der Waals surface area contributed by atoms with Crippen LogP contribution >= 0.6 is 0 Å². The van der Waals surface area contributed by atoms with E-state index < -0.39 is 23.8 Å². The van der Waals surface area contributed by atoms with Crippen molar-refractivity contribution in [3.63, 3.8) is 0 Å². The Morgan fingerprint density at radius 1 is 1.08 bits per heavy atom. The zero-order valence-corrected chi connectivity index (χ0v) is 7.61. The molecule has 0 aromatic rings. The topological polar surface area (TPSA) is 61.8 Å². The van der Waals surface area contributed by atoms with Gasteiger partial charge < -0.3 is 14.2 Å². The summed E-state index contributed by atoms with van der Waals surface area (Å²) in [6, 6.07) is 0. The van der Waals surface area contributed by atoms with Gasteiger partial charge in [-0.15, -0.1) is 0 Å². The fourth-order valence-electron chi connectivity index (χ4n) is 1.32. The van der Waals surface area contributed by atoms with E-state index in [4.69, 9.17) is 4.74 Å². The number of carbonyl (C=O) groups is 2. The highest BCUT2D eigenvalue weighted by molar-refractivity contribution is 5.82. The Labute approximate surface area is 76.0 Å². The molecule has 1 aliphatic heterocycles. The molecule has 0 aromatic carbocycles. The van der Waals surface area contributed by atoms with Crippen LogP contribution in [0.25, 0.3) is 0 Å². The van der Waals surface area contributed by atoms with Gasteiger partial charge in [-0.25, -0.2) is 0 Å². The lowest BCUT2D eigenvalue weighted by molar-refractivity contribution is -0.155. The van der Waals surface area contributed by atoms with Gasteiger partial charge in [-0.3, -0.25) is 9.59 Å². The van der Waals surface area contributed by atoms with E-state index in [0.29, 0.717) is 0 Å². The minimum absolute atomic E-state index is 0.229. The van der Waals surface area contributed by atoms with Crippen molar-refractivity contribution in [3.05, 3.63) is 0 Å². The Balaban J connectivity index is 2.63. The number of rotatable bonds is 2. The fraction of sp³-hybridized carbons (Fsp3) is 0.750. The van der Waals surface area contributed by atoms with Crippen LogP contribution < -0.4 is 0 Å². The van der Waals surface area contributed by atoms with E-state index in [1.165, 1.54) is 14.2 Å². The third kappa shape index (κ3) is 1.98. The zero-order chi connectivity index (χ0) is 9.84. The molecule has 0 saturated carbocycles. The molecule has 1 aliphatic rings. The van der Waals surface area contributed by atoms with Gasteiger partial charge in [0.05, 0.1) is 39.3 Å². The highest BCUT2D eigenvalue weighted by atomic mass is 16.5. The molecule has 5 nitrogen and oxygen atoms in total. The Kier molecular flexibility index (Phi) is 3.25. The second-order valence-electron chi connectivity index (χ2n) is 2.80. The number of methoxy groups -OCH3 is 2. The molecular formula is C8H12O5. The molecule has 1 saturated heterocycles. The highest BCUT2D eigenvalue weighted by Gasteiger charge is 2.40. The number of hydrogen-bond donors (Lipinski definition) is 0. The molecule has 0 spiro atoms. The molecule has 0 radical (unpaired) electrons. The van der Waals surface area contributed by atoms with Crippen LogP contribution in [0.2, 0.25) is 0 Å². The van der Waals surface area contributed by atoms with Crippen LogP contribution in [-0.4, -0.2) is 39.4 Å². The molecule has 0 unspecified atom stereocenters. The van der Waals surface area contributed by atoms with Crippen LogP contribution in [0.3, 0.4) is 0 Å². The molecule has 0 aliphatic carbocycles. The van der Waals surface area contributed by atoms with E-state index in [1.807, 2.05) is 0 Å². The second-order valence-corrected chi connectivity index (χ2v) is 2.80. The lowest BCUT2D eigenvalue weighted by Crippen LogP contribution is -2.30. The molecule has 0 N–H and O–H groups in total. The van der Waals surface area contributed by atoms with Crippen molar-refractivity contribution in [1.82, 2.24) is 0 Å². The molecular weight excluding hydrogens is 176 g/mol. The molecule has 1 fully saturated rings. The minimum Gasteiger partial charge on any atom is -0.469 e. The lowest BCUT2D eigenvalue weighted by Gasteiger charge is -2.12. The number of ether oxygens (including phenoxy) is 3. The van der Waals surface area contributed by atoms with Crippen molar-refractivity contribution in [2.75, 3.05) is 27.4 Å². The summed E-state index contributed by atoms with van der Waals surface area (Å²) < 4.78 is 14.1. The summed E-state index contributed by atoms with van der Waals surface area (Å²) in [5, 5.41) is 0. The third-order valence-electron chi connectivity index (χ3n) is 2.09. The van der Waals surface area contributed by atoms with Gasteiger partial charge in [0.25, 0.3) is 0 Å². The number of hydrogen-bond acceptors (Lipinski definition) is 5. The standard InChI is InChI=1S/C8H12O5/c1-11-7(9)5-3-13-4-6(5)8(10)12-2/h5-6H,3-4H2,1-2H3/t5-,6+. The van der Waals surface area contributed by atoms with Gasteiger partial charge in [-0.2, -0.15) is 0 Å². The van der Waals surface area contributed by atoms with Crippen molar-refractivity contribution in [1.29, 1.82) is 0 Å². The van der Waals surface area contributed by atoms with E-state index >= 15 is 0 Å². The van der Waals surface area contributed by atoms with Crippen molar-refractivity contribution < 1.29 is 23.8 Å². The van der Waals surface area contributed by atoms with Gasteiger partial charge in [0.15, 0.2) is 0 Å². The van der Waals surface area contributed by atoms with Crippen LogP contribution in [0.4, 0.5) is 0 Å². The maximum atomic E-state index is 11.1. The smallest absolute Gasteiger partial charge is 0.311 e. The summed E-state index contributed by atoms with van der Waals surface area (Å²) >= 11 is 0. The Morgan fingerprint density at radius 3 is 1.77 bits per heavy atom. The van der Waals surface area contributed by atoms with Crippen molar-refractivity contribution in [2.45, 2.75) is 0 Å². The van der Waals surface area contributed by atoms with Gasteiger partial charge in [0.1, 0.15) is 0 Å². The maximum absolute atomic E-state index is 11.1. The first-order chi connectivity index (χ1) is 6.20. The van der Waals surface area contributed by atoms with E-state index in [-0.39, 0.29) is 13.2 Å². The van der Waals surface area contributed by atoms with E-state index in [1.54, 1.807) is 0 Å².